The Kier molecular flexibility index (Phi) is 3.96. The normalized spacial score (nSPS) is 20.6. The number of likely N-dealkylation sites (N-methyl/N-ethyl adjacent to an activating group) is 1. The fraction of sp³-hybridized carbons (Fsp3) is 0.444. The van der Waals surface area contributed by atoms with E-state index >= 15 is 0 Å². The largest absolute Gasteiger partial charge is 0.439 e. The average Bonchev–Trinajstić information content (AvgIpc) is 3.23. The highest BCUT2D eigenvalue weighted by Gasteiger charge is 2.36. The molecule has 0 unspecified atom stereocenters. The summed E-state index contributed by atoms with van der Waals surface area (Å²) in [6.07, 6.45) is 2.04. The number of aromatic nitrogens is 1. The van der Waals surface area contributed by atoms with E-state index in [9.17, 15) is 4.79 Å². The number of fused-ring (bicyclic) bond motifs is 1. The van der Waals surface area contributed by atoms with E-state index in [0.717, 1.165) is 46.4 Å². The lowest BCUT2D eigenvalue weighted by molar-refractivity contribution is -0.136. The molecule has 1 aromatic heterocycles. The number of likely N-dealkylation sites (tertiary alicyclic amines) is 1. The highest BCUT2D eigenvalue weighted by atomic mass is 79.9. The summed E-state index contributed by atoms with van der Waals surface area (Å²) in [4.78, 5) is 21.3. The minimum atomic E-state index is 0.0146. The lowest BCUT2D eigenvalue weighted by atomic mass is 10.1. The Morgan fingerprint density at radius 2 is 2.21 bits per heavy atom. The molecule has 4 rings (SSSR count). The second kappa shape index (κ2) is 6.01. The maximum absolute atomic E-state index is 12.7. The van der Waals surface area contributed by atoms with Crippen molar-refractivity contribution < 1.29 is 9.21 Å². The molecule has 3 heterocycles. The van der Waals surface area contributed by atoms with Crippen LogP contribution in [-0.2, 0) is 17.9 Å². The van der Waals surface area contributed by atoms with Gasteiger partial charge < -0.3 is 9.32 Å². The molecule has 2 aliphatic heterocycles. The average molecular weight is 390 g/mol. The molecule has 5 nitrogen and oxygen atoms in total. The molecule has 1 amide bonds. The second-order valence-electron chi connectivity index (χ2n) is 6.63. The highest BCUT2D eigenvalue weighted by Crippen LogP contribution is 2.33. The van der Waals surface area contributed by atoms with Gasteiger partial charge in [0.25, 0.3) is 0 Å². The molecule has 126 valence electrons. The first-order valence-corrected chi connectivity index (χ1v) is 9.07. The van der Waals surface area contributed by atoms with E-state index in [2.05, 4.69) is 25.8 Å². The Bertz CT molecular complexity index is 778. The summed E-state index contributed by atoms with van der Waals surface area (Å²) in [6.45, 7) is 4.12. The molecule has 2 aliphatic rings. The maximum atomic E-state index is 12.7. The van der Waals surface area contributed by atoms with Gasteiger partial charge in [-0.15, -0.1) is 0 Å². The fourth-order valence-electron chi connectivity index (χ4n) is 3.58. The van der Waals surface area contributed by atoms with Crippen molar-refractivity contribution in [1.82, 2.24) is 14.8 Å². The van der Waals surface area contributed by atoms with Crippen molar-refractivity contribution in [2.75, 3.05) is 13.6 Å². The molecule has 0 spiro atoms. The van der Waals surface area contributed by atoms with Gasteiger partial charge in [0, 0.05) is 10.0 Å². The molecule has 0 bridgehead atoms. The van der Waals surface area contributed by atoms with Crippen molar-refractivity contribution >= 4 is 21.8 Å². The number of nitrogens with zero attached hydrogens (tertiary/aromatic N) is 3. The summed E-state index contributed by atoms with van der Waals surface area (Å²) in [6, 6.07) is 6.01. The number of hydrogen-bond acceptors (Lipinski definition) is 4. The van der Waals surface area contributed by atoms with Crippen LogP contribution in [0.4, 0.5) is 0 Å². The molecule has 0 aliphatic carbocycles. The first-order valence-electron chi connectivity index (χ1n) is 8.27. The first kappa shape index (κ1) is 15.8. The van der Waals surface area contributed by atoms with Crippen LogP contribution in [0.25, 0.3) is 11.5 Å². The predicted octanol–water partition coefficient (Wildman–Crippen LogP) is 3.35. The maximum Gasteiger partial charge on any atom is 0.240 e. The molecule has 1 saturated heterocycles. The fourth-order valence-corrected chi connectivity index (χ4v) is 3.95. The molecular formula is C18H20BrN3O2. The predicted molar refractivity (Wildman–Crippen MR) is 94.3 cm³/mol. The van der Waals surface area contributed by atoms with E-state index < -0.39 is 0 Å². The molecule has 1 aromatic carbocycles. The number of oxazole rings is 1. The molecule has 1 fully saturated rings. The van der Waals surface area contributed by atoms with Crippen LogP contribution >= 0.6 is 15.9 Å². The number of halogens is 1. The topological polar surface area (TPSA) is 49.6 Å². The number of carbonyl (C=O) groups excluding carboxylic acids is 1. The Balaban J connectivity index is 1.54. The minimum Gasteiger partial charge on any atom is -0.439 e. The molecule has 24 heavy (non-hydrogen) atoms. The van der Waals surface area contributed by atoms with Crippen molar-refractivity contribution in [3.05, 3.63) is 39.7 Å². The van der Waals surface area contributed by atoms with Crippen LogP contribution in [0.15, 0.2) is 27.1 Å². The Morgan fingerprint density at radius 1 is 1.38 bits per heavy atom. The van der Waals surface area contributed by atoms with Gasteiger partial charge >= 0.3 is 0 Å². The molecule has 2 aromatic rings. The Morgan fingerprint density at radius 3 is 2.92 bits per heavy atom. The second-order valence-corrected chi connectivity index (χ2v) is 7.49. The SMILES string of the molecule is Cc1c(Br)cccc1-c1nc2c(o1)CN(C(=O)[C@@H]1CCCN1C)C2. The lowest BCUT2D eigenvalue weighted by Crippen LogP contribution is -2.42. The van der Waals surface area contributed by atoms with Crippen LogP contribution in [-0.4, -0.2) is 40.3 Å². The van der Waals surface area contributed by atoms with Crippen molar-refractivity contribution in [3.8, 4) is 11.5 Å². The van der Waals surface area contributed by atoms with Gasteiger partial charge in [0.05, 0.1) is 19.1 Å². The Hall–Kier alpha value is -1.66. The van der Waals surface area contributed by atoms with Gasteiger partial charge in [-0.3, -0.25) is 9.69 Å². The third kappa shape index (κ3) is 2.58. The van der Waals surface area contributed by atoms with Gasteiger partial charge in [-0.2, -0.15) is 0 Å². The van der Waals surface area contributed by atoms with Gasteiger partial charge in [-0.1, -0.05) is 22.0 Å². The van der Waals surface area contributed by atoms with E-state index in [1.54, 1.807) is 0 Å². The lowest BCUT2D eigenvalue weighted by Gasteiger charge is -2.24. The minimum absolute atomic E-state index is 0.0146. The summed E-state index contributed by atoms with van der Waals surface area (Å²) in [5, 5.41) is 0. The summed E-state index contributed by atoms with van der Waals surface area (Å²) < 4.78 is 7.02. The van der Waals surface area contributed by atoms with Crippen LogP contribution in [0.1, 0.15) is 29.9 Å². The van der Waals surface area contributed by atoms with Gasteiger partial charge in [-0.25, -0.2) is 4.98 Å². The van der Waals surface area contributed by atoms with E-state index in [-0.39, 0.29) is 11.9 Å². The monoisotopic (exact) mass is 389 g/mol. The van der Waals surface area contributed by atoms with E-state index in [1.165, 1.54) is 0 Å². The number of benzene rings is 1. The van der Waals surface area contributed by atoms with Gasteiger partial charge in [-0.05, 0) is 51.1 Å². The van der Waals surface area contributed by atoms with Gasteiger partial charge in [0.15, 0.2) is 0 Å². The molecular weight excluding hydrogens is 370 g/mol. The molecule has 0 radical (unpaired) electrons. The molecule has 1 atom stereocenters. The van der Waals surface area contributed by atoms with Crippen LogP contribution in [0.2, 0.25) is 0 Å². The van der Waals surface area contributed by atoms with Crippen LogP contribution in [0.3, 0.4) is 0 Å². The summed E-state index contributed by atoms with van der Waals surface area (Å²) >= 11 is 3.54. The van der Waals surface area contributed by atoms with Crippen LogP contribution < -0.4 is 0 Å². The van der Waals surface area contributed by atoms with Gasteiger partial charge in [0.2, 0.25) is 11.8 Å². The highest BCUT2D eigenvalue weighted by molar-refractivity contribution is 9.10. The number of carbonyl (C=O) groups is 1. The zero-order valence-corrected chi connectivity index (χ0v) is 15.5. The van der Waals surface area contributed by atoms with E-state index in [1.807, 2.05) is 37.1 Å². The zero-order chi connectivity index (χ0) is 16.8. The van der Waals surface area contributed by atoms with Crippen molar-refractivity contribution in [2.24, 2.45) is 0 Å². The van der Waals surface area contributed by atoms with Crippen molar-refractivity contribution in [1.29, 1.82) is 0 Å². The standard InChI is InChI=1S/C18H20BrN3O2/c1-11-12(5-3-6-13(11)19)17-20-14-9-22(10-16(14)24-17)18(23)15-7-4-8-21(15)2/h3,5-6,15H,4,7-10H2,1-2H3/t15-/m0/s1. The number of hydrogen-bond donors (Lipinski definition) is 0. The first-order chi connectivity index (χ1) is 11.5. The van der Waals surface area contributed by atoms with E-state index in [0.29, 0.717) is 19.0 Å². The van der Waals surface area contributed by atoms with Crippen LogP contribution in [0.5, 0.6) is 0 Å². The third-order valence-electron chi connectivity index (χ3n) is 5.07. The summed E-state index contributed by atoms with van der Waals surface area (Å²) in [5.41, 5.74) is 2.99. The van der Waals surface area contributed by atoms with Crippen molar-refractivity contribution in [3.63, 3.8) is 0 Å². The van der Waals surface area contributed by atoms with Gasteiger partial charge in [0.1, 0.15) is 11.5 Å². The quantitative estimate of drug-likeness (QED) is 0.789. The summed E-state index contributed by atoms with van der Waals surface area (Å²) in [7, 11) is 2.02. The van der Waals surface area contributed by atoms with E-state index in [4.69, 9.17) is 4.42 Å². The number of amides is 1. The van der Waals surface area contributed by atoms with Crippen molar-refractivity contribution in [2.45, 2.75) is 38.9 Å². The number of rotatable bonds is 2. The summed E-state index contributed by atoms with van der Waals surface area (Å²) in [5.74, 6) is 1.66. The third-order valence-corrected chi connectivity index (χ3v) is 5.93. The molecule has 0 saturated carbocycles. The molecule has 6 heteroatoms. The zero-order valence-electron chi connectivity index (χ0n) is 13.9. The smallest absolute Gasteiger partial charge is 0.240 e. The van der Waals surface area contributed by atoms with Crippen LogP contribution in [0, 0.1) is 6.92 Å². The molecule has 0 N–H and O–H groups in total. The Labute approximate surface area is 149 Å².